The first-order valence-electron chi connectivity index (χ1n) is 7.39. The van der Waals surface area contributed by atoms with Gasteiger partial charge in [-0.1, -0.05) is 53.0 Å². The van der Waals surface area contributed by atoms with E-state index < -0.39 is 11.8 Å². The molecule has 0 aliphatic heterocycles. The Morgan fingerprint density at radius 2 is 1.52 bits per heavy atom. The van der Waals surface area contributed by atoms with Gasteiger partial charge >= 0.3 is 11.8 Å². The molecular weight excluding hydrogens is 360 g/mol. The van der Waals surface area contributed by atoms with Gasteiger partial charge < -0.3 is 0 Å². The topological polar surface area (TPSA) is 110 Å². The van der Waals surface area contributed by atoms with Crippen LogP contribution in [0.15, 0.2) is 30.3 Å². The van der Waals surface area contributed by atoms with Gasteiger partial charge in [-0.3, -0.25) is 20.2 Å². The van der Waals surface area contributed by atoms with E-state index in [0.717, 1.165) is 11.4 Å². The van der Waals surface area contributed by atoms with Crippen molar-refractivity contribution >= 4 is 44.8 Å². The van der Waals surface area contributed by atoms with E-state index in [4.69, 9.17) is 0 Å². The fraction of sp³-hybridized carbons (Fsp3) is 0.200. The summed E-state index contributed by atoms with van der Waals surface area (Å²) in [5.74, 6) is -1.64. The lowest BCUT2D eigenvalue weighted by molar-refractivity contribution is -0.133. The Bertz CT molecular complexity index is 877. The van der Waals surface area contributed by atoms with E-state index in [-0.39, 0.29) is 10.3 Å². The van der Waals surface area contributed by atoms with E-state index in [1.807, 2.05) is 30.3 Å². The predicted octanol–water partition coefficient (Wildman–Crippen LogP) is 2.06. The highest BCUT2D eigenvalue weighted by Crippen LogP contribution is 2.18. The van der Waals surface area contributed by atoms with Gasteiger partial charge in [0.1, 0.15) is 10.0 Å². The van der Waals surface area contributed by atoms with Gasteiger partial charge in [0.25, 0.3) is 0 Å². The van der Waals surface area contributed by atoms with Crippen LogP contribution in [0.2, 0.25) is 0 Å². The Balaban J connectivity index is 1.51. The third-order valence-corrected chi connectivity index (χ3v) is 4.76. The molecule has 3 aromatic rings. The van der Waals surface area contributed by atoms with Gasteiger partial charge in [-0.15, -0.1) is 20.4 Å². The number of aryl methyl sites for hydroxylation is 3. The fourth-order valence-corrected chi connectivity index (χ4v) is 3.28. The number of amides is 2. The monoisotopic (exact) mass is 374 g/mol. The third-order valence-electron chi connectivity index (χ3n) is 3.11. The van der Waals surface area contributed by atoms with Crippen LogP contribution in [0.25, 0.3) is 0 Å². The predicted molar refractivity (Wildman–Crippen MR) is 95.7 cm³/mol. The number of carbonyl (C=O) groups excluding carboxylic acids is 2. The summed E-state index contributed by atoms with van der Waals surface area (Å²) >= 11 is 2.44. The summed E-state index contributed by atoms with van der Waals surface area (Å²) in [7, 11) is 0. The average molecular weight is 374 g/mol. The van der Waals surface area contributed by atoms with Gasteiger partial charge in [-0.25, -0.2) is 0 Å². The highest BCUT2D eigenvalue weighted by molar-refractivity contribution is 7.15. The number of aromatic nitrogens is 4. The molecule has 8 nitrogen and oxygen atoms in total. The molecule has 128 valence electrons. The molecule has 0 aliphatic rings. The number of benzene rings is 1. The van der Waals surface area contributed by atoms with Crippen molar-refractivity contribution in [2.75, 3.05) is 10.6 Å². The van der Waals surface area contributed by atoms with Crippen LogP contribution in [0.5, 0.6) is 0 Å². The van der Waals surface area contributed by atoms with Crippen molar-refractivity contribution in [2.24, 2.45) is 0 Å². The smallest absolute Gasteiger partial charge is 0.292 e. The molecule has 3 rings (SSSR count). The van der Waals surface area contributed by atoms with E-state index in [1.54, 1.807) is 6.92 Å². The van der Waals surface area contributed by atoms with Gasteiger partial charge in [-0.2, -0.15) is 0 Å². The lowest BCUT2D eigenvalue weighted by Crippen LogP contribution is -2.29. The molecule has 10 heteroatoms. The summed E-state index contributed by atoms with van der Waals surface area (Å²) in [6, 6.07) is 10.0. The second-order valence-electron chi connectivity index (χ2n) is 5.02. The molecule has 25 heavy (non-hydrogen) atoms. The lowest BCUT2D eigenvalue weighted by Gasteiger charge is -2.00. The van der Waals surface area contributed by atoms with Crippen LogP contribution in [0.4, 0.5) is 10.3 Å². The van der Waals surface area contributed by atoms with Crippen molar-refractivity contribution in [3.8, 4) is 0 Å². The summed E-state index contributed by atoms with van der Waals surface area (Å²) in [4.78, 5) is 23.7. The molecule has 0 saturated heterocycles. The molecule has 0 spiro atoms. The number of anilines is 2. The molecule has 2 N–H and O–H groups in total. The highest BCUT2D eigenvalue weighted by atomic mass is 32.1. The molecule has 0 fully saturated rings. The quantitative estimate of drug-likeness (QED) is 0.662. The molecule has 0 atom stereocenters. The van der Waals surface area contributed by atoms with Crippen LogP contribution in [0.3, 0.4) is 0 Å². The van der Waals surface area contributed by atoms with E-state index in [1.165, 1.54) is 28.2 Å². The molecule has 0 unspecified atom stereocenters. The minimum atomic E-state index is -0.822. The number of carbonyl (C=O) groups is 2. The summed E-state index contributed by atoms with van der Waals surface area (Å²) in [6.45, 7) is 1.76. The first-order chi connectivity index (χ1) is 12.1. The zero-order valence-corrected chi connectivity index (χ0v) is 14.9. The minimum Gasteiger partial charge on any atom is -0.292 e. The molecule has 2 heterocycles. The standard InChI is InChI=1S/C15H14N6O2S2/c1-9-18-20-14(24-9)16-12(22)13(23)17-15-21-19-11(25-15)8-7-10-5-3-2-4-6-10/h2-6H,7-8H2,1H3,(H,16,20,22)(H,17,21,23). The summed E-state index contributed by atoms with van der Waals surface area (Å²) in [5, 5.41) is 22.3. The first kappa shape index (κ1) is 17.1. The molecule has 0 aliphatic carbocycles. The number of nitrogens with zero attached hydrogens (tertiary/aromatic N) is 4. The Labute approximate surface area is 151 Å². The first-order valence-corrected chi connectivity index (χ1v) is 9.02. The summed E-state index contributed by atoms with van der Waals surface area (Å²) in [5.41, 5.74) is 1.20. The SMILES string of the molecule is Cc1nnc(NC(=O)C(=O)Nc2nnc(CCc3ccccc3)s2)s1. The van der Waals surface area contributed by atoms with Crippen molar-refractivity contribution in [3.63, 3.8) is 0 Å². The molecule has 0 radical (unpaired) electrons. The van der Waals surface area contributed by atoms with Crippen molar-refractivity contribution in [1.82, 2.24) is 20.4 Å². The Kier molecular flexibility index (Phi) is 5.41. The molecule has 0 bridgehead atoms. The lowest BCUT2D eigenvalue weighted by atomic mass is 10.1. The van der Waals surface area contributed by atoms with E-state index >= 15 is 0 Å². The van der Waals surface area contributed by atoms with Crippen molar-refractivity contribution < 1.29 is 9.59 Å². The van der Waals surface area contributed by atoms with Crippen LogP contribution in [0, 0.1) is 6.92 Å². The van der Waals surface area contributed by atoms with Crippen LogP contribution in [0.1, 0.15) is 15.6 Å². The molecule has 2 aromatic heterocycles. The zero-order valence-electron chi connectivity index (χ0n) is 13.2. The molecule has 2 amide bonds. The van der Waals surface area contributed by atoms with Gasteiger partial charge in [0, 0.05) is 6.42 Å². The molecule has 1 aromatic carbocycles. The van der Waals surface area contributed by atoms with E-state index in [0.29, 0.717) is 11.4 Å². The summed E-state index contributed by atoms with van der Waals surface area (Å²) in [6.07, 6.45) is 1.55. The normalized spacial score (nSPS) is 10.4. The maximum absolute atomic E-state index is 11.9. The van der Waals surface area contributed by atoms with E-state index in [9.17, 15) is 9.59 Å². The number of hydrogen-bond donors (Lipinski definition) is 2. The van der Waals surface area contributed by atoms with Crippen LogP contribution in [-0.2, 0) is 22.4 Å². The maximum Gasteiger partial charge on any atom is 0.315 e. The average Bonchev–Trinajstić information content (AvgIpc) is 3.23. The Morgan fingerprint density at radius 1 is 0.880 bits per heavy atom. The summed E-state index contributed by atoms with van der Waals surface area (Å²) < 4.78 is 0. The largest absolute Gasteiger partial charge is 0.315 e. The van der Waals surface area contributed by atoms with Crippen LogP contribution < -0.4 is 10.6 Å². The van der Waals surface area contributed by atoms with Crippen molar-refractivity contribution in [2.45, 2.75) is 19.8 Å². The van der Waals surface area contributed by atoms with E-state index in [2.05, 4.69) is 31.0 Å². The van der Waals surface area contributed by atoms with Crippen molar-refractivity contribution in [1.29, 1.82) is 0 Å². The van der Waals surface area contributed by atoms with Gasteiger partial charge in [0.05, 0.1) is 0 Å². The molecule has 0 saturated carbocycles. The Morgan fingerprint density at radius 3 is 2.16 bits per heavy atom. The second kappa shape index (κ2) is 7.90. The number of hydrogen-bond acceptors (Lipinski definition) is 8. The van der Waals surface area contributed by atoms with Gasteiger partial charge in [0.15, 0.2) is 0 Å². The highest BCUT2D eigenvalue weighted by Gasteiger charge is 2.18. The third kappa shape index (κ3) is 4.88. The van der Waals surface area contributed by atoms with Crippen LogP contribution >= 0.6 is 22.7 Å². The number of rotatable bonds is 5. The number of nitrogens with one attached hydrogen (secondary N) is 2. The fourth-order valence-electron chi connectivity index (χ4n) is 1.96. The van der Waals surface area contributed by atoms with Crippen LogP contribution in [-0.4, -0.2) is 32.2 Å². The Hall–Kier alpha value is -2.72. The second-order valence-corrected chi connectivity index (χ2v) is 7.26. The van der Waals surface area contributed by atoms with Gasteiger partial charge in [-0.05, 0) is 18.9 Å². The minimum absolute atomic E-state index is 0.276. The van der Waals surface area contributed by atoms with Crippen molar-refractivity contribution in [3.05, 3.63) is 45.9 Å². The maximum atomic E-state index is 11.9. The molecular formula is C15H14N6O2S2. The van der Waals surface area contributed by atoms with Gasteiger partial charge in [0.2, 0.25) is 10.3 Å². The zero-order chi connectivity index (χ0) is 17.6.